The molecule has 0 saturated carbocycles. The van der Waals surface area contributed by atoms with Gasteiger partial charge < -0.3 is 34.5 Å². The van der Waals surface area contributed by atoms with Crippen molar-refractivity contribution in [1.82, 2.24) is 25.3 Å². The van der Waals surface area contributed by atoms with E-state index in [0.717, 1.165) is 24.7 Å². The normalized spacial score (nSPS) is 20.4. The zero-order chi connectivity index (χ0) is 42.5. The van der Waals surface area contributed by atoms with Crippen LogP contribution in [-0.2, 0) is 33.4 Å². The number of hydrogen-bond donors (Lipinski definition) is 2. The average molecular weight is 788 g/mol. The minimum Gasteiger partial charge on any atom is -0.379 e. The number of benzene rings is 1. The molecule has 1 aliphatic rings. The third kappa shape index (κ3) is 12.8. The van der Waals surface area contributed by atoms with E-state index in [4.69, 9.17) is 14.2 Å². The summed E-state index contributed by atoms with van der Waals surface area (Å²) < 4.78 is 18.4. The molecular formula is C44H77N5O7. The molecule has 1 unspecified atom stereocenters. The van der Waals surface area contributed by atoms with Gasteiger partial charge in [-0.25, -0.2) is 0 Å². The molecule has 2 rings (SSSR count). The van der Waals surface area contributed by atoms with Gasteiger partial charge in [0.25, 0.3) is 0 Å². The highest BCUT2D eigenvalue weighted by atomic mass is 16.5. The molecule has 3 amide bonds. The van der Waals surface area contributed by atoms with Crippen molar-refractivity contribution in [3.63, 3.8) is 0 Å². The molecular weight excluding hydrogens is 711 g/mol. The summed E-state index contributed by atoms with van der Waals surface area (Å²) in [5.41, 5.74) is -0.174. The molecule has 56 heavy (non-hydrogen) atoms. The summed E-state index contributed by atoms with van der Waals surface area (Å²) in [6, 6.07) is 8.65. The van der Waals surface area contributed by atoms with Crippen LogP contribution < -0.4 is 10.6 Å². The summed E-state index contributed by atoms with van der Waals surface area (Å²) in [6.07, 6.45) is 1.93. The van der Waals surface area contributed by atoms with E-state index >= 15 is 0 Å². The van der Waals surface area contributed by atoms with Gasteiger partial charge in [-0.2, -0.15) is 0 Å². The van der Waals surface area contributed by atoms with Crippen molar-refractivity contribution >= 4 is 24.0 Å². The van der Waals surface area contributed by atoms with Crippen LogP contribution in [0.25, 0.3) is 0 Å². The Bertz CT molecular complexity index is 1350. The average Bonchev–Trinajstić information content (AvgIpc) is 3.62. The van der Waals surface area contributed by atoms with Crippen molar-refractivity contribution in [3.05, 3.63) is 35.9 Å². The van der Waals surface area contributed by atoms with Crippen molar-refractivity contribution in [1.29, 1.82) is 0 Å². The SMILES string of the molecule is CC[C@H](C)[C@@H]([C@@H](CC(=O)N1CCC[C@H]1[C@H](OC)[C@@H](C)C(=O)N[C@H](C)[C@@H](OC(C)C)c1ccccc1)OC)N(C)CC(C=O)(NC(=O)[C@H](C(C)C)N(C)C)C(C)C. The van der Waals surface area contributed by atoms with E-state index in [-0.39, 0.29) is 78.8 Å². The fourth-order valence-electron chi connectivity index (χ4n) is 8.62. The number of nitrogens with zero attached hydrogens (tertiary/aromatic N) is 3. The zero-order valence-corrected chi connectivity index (χ0v) is 37.3. The number of carbonyl (C=O) groups is 4. The number of methoxy groups -OCH3 is 2. The number of rotatable bonds is 24. The lowest BCUT2D eigenvalue weighted by Crippen LogP contribution is -2.65. The molecule has 1 aromatic rings. The van der Waals surface area contributed by atoms with Crippen LogP contribution >= 0.6 is 0 Å². The number of nitrogens with one attached hydrogen (secondary N) is 2. The maximum Gasteiger partial charge on any atom is 0.238 e. The van der Waals surface area contributed by atoms with E-state index < -0.39 is 29.7 Å². The Labute approximate surface area is 339 Å². The maximum atomic E-state index is 14.3. The van der Waals surface area contributed by atoms with E-state index in [9.17, 15) is 19.2 Å². The lowest BCUT2D eigenvalue weighted by Gasteiger charge is -2.44. The molecule has 1 aromatic carbocycles. The highest BCUT2D eigenvalue weighted by Gasteiger charge is 2.44. The Morgan fingerprint density at radius 2 is 1.57 bits per heavy atom. The van der Waals surface area contributed by atoms with Gasteiger partial charge in [0.1, 0.15) is 17.9 Å². The first-order valence-corrected chi connectivity index (χ1v) is 20.8. The van der Waals surface area contributed by atoms with Crippen LogP contribution in [-0.4, -0.2) is 135 Å². The first-order chi connectivity index (χ1) is 26.3. The quantitative estimate of drug-likeness (QED) is 0.133. The number of carbonyl (C=O) groups excluding carboxylic acids is 4. The number of amides is 3. The molecule has 10 atom stereocenters. The van der Waals surface area contributed by atoms with Gasteiger partial charge in [-0.1, -0.05) is 85.2 Å². The van der Waals surface area contributed by atoms with Crippen LogP contribution in [0, 0.1) is 23.7 Å². The molecule has 12 nitrogen and oxygen atoms in total. The molecule has 0 radical (unpaired) electrons. The van der Waals surface area contributed by atoms with Crippen LogP contribution in [0.15, 0.2) is 30.3 Å². The number of aldehydes is 1. The summed E-state index contributed by atoms with van der Waals surface area (Å²) in [5, 5.41) is 6.33. The Morgan fingerprint density at radius 1 is 0.946 bits per heavy atom. The monoisotopic (exact) mass is 788 g/mol. The minimum absolute atomic E-state index is 0.0356. The predicted octanol–water partition coefficient (Wildman–Crippen LogP) is 5.35. The molecule has 0 aliphatic carbocycles. The molecule has 0 spiro atoms. The standard InChI is InChI=1S/C44H77N5O7/c1-16-31(8)39(48(13)26-44(27-50,29(4)5)46-43(53)38(28(2)3)47(11)12)36(54-14)25-37(51)49-24-20-23-35(49)40(55-15)32(9)42(52)45-33(10)41(56-30(6)7)34-21-18-17-19-22-34/h17-19,21-22,27-33,35-36,38-41H,16,20,23-26H2,1-15H3,(H,45,52)(H,46,53)/t31-,32+,33+,35-,36+,38-,39-,40+,41+,44?/m0/s1. The van der Waals surface area contributed by atoms with Crippen LogP contribution in [0.4, 0.5) is 0 Å². The van der Waals surface area contributed by atoms with Crippen LogP contribution in [0.2, 0.25) is 0 Å². The summed E-state index contributed by atoms with van der Waals surface area (Å²) in [5.74, 6) is -1.02. The van der Waals surface area contributed by atoms with E-state index in [1.165, 1.54) is 0 Å². The van der Waals surface area contributed by atoms with E-state index in [2.05, 4.69) is 29.4 Å². The molecule has 0 aromatic heterocycles. The highest BCUT2D eigenvalue weighted by Crippen LogP contribution is 2.31. The van der Waals surface area contributed by atoms with Gasteiger partial charge in [0.15, 0.2) is 0 Å². The van der Waals surface area contributed by atoms with Crippen molar-refractivity contribution in [3.8, 4) is 0 Å². The number of likely N-dealkylation sites (N-methyl/N-ethyl adjacent to an activating group) is 2. The van der Waals surface area contributed by atoms with Gasteiger partial charge in [-0.05, 0) is 78.1 Å². The summed E-state index contributed by atoms with van der Waals surface area (Å²) in [7, 11) is 8.92. The third-order valence-electron chi connectivity index (χ3n) is 11.9. The summed E-state index contributed by atoms with van der Waals surface area (Å²) in [6.45, 7) is 20.7. The Morgan fingerprint density at radius 3 is 2.05 bits per heavy atom. The highest BCUT2D eigenvalue weighted by molar-refractivity contribution is 5.86. The van der Waals surface area contributed by atoms with Crippen molar-refractivity contribution in [2.24, 2.45) is 23.7 Å². The molecule has 320 valence electrons. The summed E-state index contributed by atoms with van der Waals surface area (Å²) >= 11 is 0. The Balaban J connectivity index is 2.31. The fourth-order valence-corrected chi connectivity index (χ4v) is 8.62. The second-order valence-corrected chi connectivity index (χ2v) is 17.3. The maximum absolute atomic E-state index is 14.3. The van der Waals surface area contributed by atoms with Gasteiger partial charge >= 0.3 is 0 Å². The van der Waals surface area contributed by atoms with Crippen LogP contribution in [0.5, 0.6) is 0 Å². The van der Waals surface area contributed by atoms with Crippen molar-refractivity contribution in [2.75, 3.05) is 48.5 Å². The molecule has 0 bridgehead atoms. The molecule has 1 fully saturated rings. The summed E-state index contributed by atoms with van der Waals surface area (Å²) in [4.78, 5) is 60.7. The zero-order valence-electron chi connectivity index (χ0n) is 37.3. The van der Waals surface area contributed by atoms with Gasteiger partial charge in [0, 0.05) is 33.4 Å². The first-order valence-electron chi connectivity index (χ1n) is 20.8. The van der Waals surface area contributed by atoms with Crippen LogP contribution in [0.3, 0.4) is 0 Å². The second-order valence-electron chi connectivity index (χ2n) is 17.3. The van der Waals surface area contributed by atoms with Gasteiger partial charge in [-0.15, -0.1) is 0 Å². The van der Waals surface area contributed by atoms with Crippen molar-refractivity contribution in [2.45, 2.75) is 149 Å². The van der Waals surface area contributed by atoms with Gasteiger partial charge in [0.2, 0.25) is 17.7 Å². The van der Waals surface area contributed by atoms with E-state index in [1.807, 2.05) is 117 Å². The molecule has 1 saturated heterocycles. The molecule has 12 heteroatoms. The predicted molar refractivity (Wildman–Crippen MR) is 223 cm³/mol. The number of hydrogen-bond acceptors (Lipinski definition) is 9. The third-order valence-corrected chi connectivity index (χ3v) is 11.9. The molecule has 1 heterocycles. The lowest BCUT2D eigenvalue weighted by molar-refractivity contribution is -0.143. The largest absolute Gasteiger partial charge is 0.379 e. The molecule has 2 N–H and O–H groups in total. The minimum atomic E-state index is -1.16. The lowest BCUT2D eigenvalue weighted by atomic mass is 9.84. The molecule has 1 aliphatic heterocycles. The number of likely N-dealkylation sites (tertiary alicyclic amines) is 1. The first kappa shape index (κ1) is 49.2. The van der Waals surface area contributed by atoms with Gasteiger partial charge in [-0.3, -0.25) is 24.2 Å². The van der Waals surface area contributed by atoms with E-state index in [0.29, 0.717) is 13.0 Å². The number of ether oxygens (including phenoxy) is 3. The smallest absolute Gasteiger partial charge is 0.238 e. The van der Waals surface area contributed by atoms with Crippen LogP contribution in [0.1, 0.15) is 107 Å². The fraction of sp³-hybridized carbons (Fsp3) is 0.773. The topological polar surface area (TPSA) is 130 Å². The van der Waals surface area contributed by atoms with Gasteiger partial charge in [0.05, 0.1) is 48.8 Å². The van der Waals surface area contributed by atoms with E-state index in [1.54, 1.807) is 14.2 Å². The second kappa shape index (κ2) is 22.9. The Kier molecular flexibility index (Phi) is 20.1. The Hall–Kier alpha value is -2.90. The van der Waals surface area contributed by atoms with Crippen molar-refractivity contribution < 1.29 is 33.4 Å².